The molecule has 0 aliphatic rings. The van der Waals surface area contributed by atoms with Crippen molar-refractivity contribution in [3.63, 3.8) is 0 Å². The summed E-state index contributed by atoms with van der Waals surface area (Å²) in [6.45, 7) is 3.02. The fourth-order valence-electron chi connectivity index (χ4n) is 1.67. The van der Waals surface area contributed by atoms with E-state index in [1.165, 1.54) is 39.1 Å². The molecule has 0 bridgehead atoms. The Morgan fingerprint density at radius 1 is 1.50 bits per heavy atom. The fourth-order valence-corrected chi connectivity index (χ4v) is 3.60. The molecule has 5 nitrogen and oxygen atoms in total. The van der Waals surface area contributed by atoms with Crippen LogP contribution in [-0.4, -0.2) is 42.0 Å². The monoisotopic (exact) mass is 336 g/mol. The highest BCUT2D eigenvalue weighted by molar-refractivity contribution is 7.89. The first-order valence-electron chi connectivity index (χ1n) is 5.73. The van der Waals surface area contributed by atoms with Crippen molar-refractivity contribution in [3.8, 4) is 0 Å². The second kappa shape index (κ2) is 5.95. The summed E-state index contributed by atoms with van der Waals surface area (Å²) in [5, 5.41) is 9.88. The van der Waals surface area contributed by atoms with Gasteiger partial charge in [0.05, 0.1) is 15.5 Å². The van der Waals surface area contributed by atoms with Gasteiger partial charge in [-0.15, -0.1) is 0 Å². The molecule has 1 aromatic rings. The van der Waals surface area contributed by atoms with Gasteiger partial charge in [-0.1, -0.05) is 23.8 Å². The van der Waals surface area contributed by atoms with E-state index >= 15 is 0 Å². The lowest BCUT2D eigenvalue weighted by Gasteiger charge is -2.25. The van der Waals surface area contributed by atoms with Gasteiger partial charge in [0.2, 0.25) is 10.0 Å². The number of hydrogen-bond acceptors (Lipinski definition) is 4. The molecule has 0 atom stereocenters. The second-order valence-corrected chi connectivity index (χ2v) is 7.97. The smallest absolute Gasteiger partial charge is 0.242 e. The Kier molecular flexibility index (Phi) is 5.15. The van der Waals surface area contributed by atoms with Crippen molar-refractivity contribution in [2.24, 2.45) is 5.73 Å². The summed E-state index contributed by atoms with van der Waals surface area (Å²) < 4.78 is 25.7. The molecule has 0 radical (unpaired) electrons. The first-order chi connectivity index (χ1) is 8.95. The zero-order valence-corrected chi connectivity index (χ0v) is 13.8. The predicted molar refractivity (Wildman–Crippen MR) is 83.5 cm³/mol. The molecule has 1 aromatic carbocycles. The highest BCUT2D eigenvalue weighted by Gasteiger charge is 2.26. The molecular weight excluding hydrogens is 320 g/mol. The number of halogens is 1. The number of hydrogen-bond donors (Lipinski definition) is 2. The normalized spacial score (nSPS) is 12.7. The van der Waals surface area contributed by atoms with Crippen molar-refractivity contribution in [3.05, 3.63) is 28.8 Å². The van der Waals surface area contributed by atoms with Gasteiger partial charge in [-0.3, -0.25) is 0 Å². The Labute approximate surface area is 129 Å². The molecule has 0 unspecified atom stereocenters. The molecule has 0 aromatic heterocycles. The zero-order valence-electron chi connectivity index (χ0n) is 11.4. The van der Waals surface area contributed by atoms with Crippen LogP contribution in [0, 0.1) is 0 Å². The number of thiocarbonyl (C=S) groups is 1. The molecule has 3 N–H and O–H groups in total. The summed E-state index contributed by atoms with van der Waals surface area (Å²) in [6, 6.07) is 4.15. The minimum Gasteiger partial charge on any atom is -0.389 e. The van der Waals surface area contributed by atoms with Crippen LogP contribution in [0.3, 0.4) is 0 Å². The molecule has 0 spiro atoms. The molecular formula is C12H17ClN2O3S2. The number of aliphatic hydroxyl groups is 1. The van der Waals surface area contributed by atoms with E-state index in [1.807, 2.05) is 0 Å². The van der Waals surface area contributed by atoms with E-state index in [2.05, 4.69) is 0 Å². The molecule has 1 rings (SSSR count). The summed E-state index contributed by atoms with van der Waals surface area (Å²) in [5.74, 6) is 0. The highest BCUT2D eigenvalue weighted by atomic mass is 35.5. The van der Waals surface area contributed by atoms with Gasteiger partial charge >= 0.3 is 0 Å². The van der Waals surface area contributed by atoms with Gasteiger partial charge in [0.25, 0.3) is 0 Å². The van der Waals surface area contributed by atoms with Crippen LogP contribution < -0.4 is 5.73 Å². The lowest BCUT2D eigenvalue weighted by atomic mass is 10.1. The molecule has 0 aliphatic heterocycles. The first-order valence-corrected chi connectivity index (χ1v) is 7.96. The van der Waals surface area contributed by atoms with Crippen molar-refractivity contribution in [1.29, 1.82) is 0 Å². The van der Waals surface area contributed by atoms with Crippen molar-refractivity contribution < 1.29 is 13.5 Å². The van der Waals surface area contributed by atoms with Crippen molar-refractivity contribution in [2.75, 3.05) is 13.6 Å². The molecule has 0 saturated heterocycles. The summed E-state index contributed by atoms with van der Waals surface area (Å²) in [4.78, 5) is 0.123. The van der Waals surface area contributed by atoms with E-state index in [1.54, 1.807) is 0 Å². The Bertz CT molecular complexity index is 624. The SMILES string of the molecule is CN(CC(C)(C)O)S(=O)(=O)c1ccc(C(N)=S)c(Cl)c1. The number of nitrogens with two attached hydrogens (primary N) is 1. The van der Waals surface area contributed by atoms with Crippen LogP contribution in [0.25, 0.3) is 0 Å². The second-order valence-electron chi connectivity index (χ2n) is 5.08. The molecule has 0 heterocycles. The summed E-state index contributed by atoms with van der Waals surface area (Å²) in [5.41, 5.74) is 4.76. The van der Waals surface area contributed by atoms with Gasteiger partial charge in [-0.25, -0.2) is 8.42 Å². The van der Waals surface area contributed by atoms with Gasteiger partial charge in [-0.2, -0.15) is 4.31 Å². The Morgan fingerprint density at radius 3 is 2.45 bits per heavy atom. The summed E-state index contributed by atoms with van der Waals surface area (Å²) in [6.07, 6.45) is 0. The average molecular weight is 337 g/mol. The molecule has 0 fully saturated rings. The van der Waals surface area contributed by atoms with Gasteiger partial charge in [0.15, 0.2) is 0 Å². The van der Waals surface area contributed by atoms with Gasteiger partial charge < -0.3 is 10.8 Å². The van der Waals surface area contributed by atoms with Crippen LogP contribution >= 0.6 is 23.8 Å². The minimum atomic E-state index is -3.73. The van der Waals surface area contributed by atoms with Crippen LogP contribution in [-0.2, 0) is 10.0 Å². The fraction of sp³-hybridized carbons (Fsp3) is 0.417. The Morgan fingerprint density at radius 2 is 2.05 bits per heavy atom. The number of sulfonamides is 1. The van der Waals surface area contributed by atoms with E-state index in [4.69, 9.17) is 29.6 Å². The van der Waals surface area contributed by atoms with E-state index in [0.717, 1.165) is 4.31 Å². The van der Waals surface area contributed by atoms with Gasteiger partial charge in [0, 0.05) is 19.2 Å². The molecule has 0 saturated carbocycles. The predicted octanol–water partition coefficient (Wildman–Crippen LogP) is 1.37. The number of rotatable bonds is 5. The minimum absolute atomic E-state index is 0.0225. The maximum absolute atomic E-state index is 12.3. The third-order valence-corrected chi connectivity index (χ3v) is 4.86. The van der Waals surface area contributed by atoms with Crippen molar-refractivity contribution in [1.82, 2.24) is 4.31 Å². The van der Waals surface area contributed by atoms with E-state index in [9.17, 15) is 13.5 Å². The van der Waals surface area contributed by atoms with Crippen LogP contribution in [0.1, 0.15) is 19.4 Å². The van der Waals surface area contributed by atoms with Crippen molar-refractivity contribution in [2.45, 2.75) is 24.3 Å². The summed E-state index contributed by atoms with van der Waals surface area (Å²) in [7, 11) is -2.34. The van der Waals surface area contributed by atoms with Crippen LogP contribution in [0.2, 0.25) is 5.02 Å². The molecule has 8 heteroatoms. The lowest BCUT2D eigenvalue weighted by Crippen LogP contribution is -2.39. The number of benzene rings is 1. The van der Waals surface area contributed by atoms with Crippen molar-refractivity contribution >= 4 is 38.8 Å². The number of likely N-dealkylation sites (N-methyl/N-ethyl adjacent to an activating group) is 1. The van der Waals surface area contributed by atoms with E-state index in [-0.39, 0.29) is 21.5 Å². The van der Waals surface area contributed by atoms with E-state index in [0.29, 0.717) is 5.56 Å². The van der Waals surface area contributed by atoms with E-state index < -0.39 is 15.6 Å². The lowest BCUT2D eigenvalue weighted by molar-refractivity contribution is 0.0640. The van der Waals surface area contributed by atoms with Gasteiger partial charge in [0.1, 0.15) is 4.99 Å². The largest absolute Gasteiger partial charge is 0.389 e. The number of nitrogens with zero attached hydrogens (tertiary/aromatic N) is 1. The van der Waals surface area contributed by atoms with Gasteiger partial charge in [-0.05, 0) is 32.0 Å². The van der Waals surface area contributed by atoms with Crippen LogP contribution in [0.5, 0.6) is 0 Å². The average Bonchev–Trinajstić information content (AvgIpc) is 2.25. The molecule has 0 aliphatic carbocycles. The topological polar surface area (TPSA) is 83.6 Å². The Hall–Kier alpha value is -0.730. The third kappa shape index (κ3) is 4.13. The molecule has 0 amide bonds. The third-order valence-electron chi connectivity index (χ3n) is 2.52. The Balaban J connectivity index is 3.17. The maximum Gasteiger partial charge on any atom is 0.242 e. The highest BCUT2D eigenvalue weighted by Crippen LogP contribution is 2.23. The molecule has 112 valence electrons. The quantitative estimate of drug-likeness (QED) is 0.793. The first kappa shape index (κ1) is 17.3. The summed E-state index contributed by atoms with van der Waals surface area (Å²) >= 11 is 10.8. The zero-order chi connectivity index (χ0) is 15.7. The molecule has 20 heavy (non-hydrogen) atoms. The standard InChI is InChI=1S/C12H17ClN2O3S2/c1-12(2,16)7-15(3)20(17,18)8-4-5-9(11(14)19)10(13)6-8/h4-6,16H,7H2,1-3H3,(H2,14,19). The maximum atomic E-state index is 12.3. The van der Waals surface area contributed by atoms with Crippen LogP contribution in [0.4, 0.5) is 0 Å². The van der Waals surface area contributed by atoms with Crippen LogP contribution in [0.15, 0.2) is 23.1 Å².